The number of nitrogens with one attached hydrogen (secondary N) is 1. The lowest BCUT2D eigenvalue weighted by Gasteiger charge is -2.34. The topological polar surface area (TPSA) is 92.4 Å². The maximum absolute atomic E-state index is 12.2. The van der Waals surface area contributed by atoms with Crippen LogP contribution in [-0.4, -0.2) is 30.1 Å². The van der Waals surface area contributed by atoms with Crippen LogP contribution in [0.4, 0.5) is 8.78 Å². The zero-order chi connectivity index (χ0) is 27.3. The highest BCUT2D eigenvalue weighted by molar-refractivity contribution is 5.82. The van der Waals surface area contributed by atoms with E-state index in [2.05, 4.69) is 44.5 Å². The monoisotopic (exact) mass is 486 g/mol. The number of nitrogens with two attached hydrogens (primary N) is 1. The Morgan fingerprint density at radius 2 is 1.68 bits per heavy atom. The van der Waals surface area contributed by atoms with E-state index in [0.717, 1.165) is 29.7 Å². The molecular formula is C27H48F2N2O3. The molecule has 0 saturated heterocycles. The standard InChI is InChI=1S/C12H22.C7H6F2.C4H8N2O2.C2H6O.C2H6/c1-5-11-8-12(9(2)3)7-6-10(11)4;1-5-2-6(8)4-7(9)3-5;1-3(7)6-2-4(5)8;1-2-3;1-2/h5,9-12H,1,6-8H2,2-4H3;2-4H,1H3;2H2,1H3,(H2,5,8)(H,6,7);3H,2H2,1H3;1-2H3. The summed E-state index contributed by atoms with van der Waals surface area (Å²) < 4.78 is 24.4. The lowest BCUT2D eigenvalue weighted by Crippen LogP contribution is -2.31. The first-order valence-corrected chi connectivity index (χ1v) is 12.1. The summed E-state index contributed by atoms with van der Waals surface area (Å²) in [6, 6.07) is 3.42. The van der Waals surface area contributed by atoms with Gasteiger partial charge in [-0.2, -0.15) is 0 Å². The molecule has 0 bridgehead atoms. The molecule has 4 N–H and O–H groups in total. The predicted molar refractivity (Wildman–Crippen MR) is 138 cm³/mol. The van der Waals surface area contributed by atoms with Crippen molar-refractivity contribution in [1.82, 2.24) is 5.32 Å². The van der Waals surface area contributed by atoms with E-state index in [-0.39, 0.29) is 19.1 Å². The third kappa shape index (κ3) is 21.6. The van der Waals surface area contributed by atoms with Crippen LogP contribution in [0.3, 0.4) is 0 Å². The SMILES string of the molecule is C=CC1CC(C(C)C)CCC1C.CC.CC(=O)NCC(N)=O.CCO.Cc1cc(F)cc(F)c1. The minimum atomic E-state index is -0.528. The highest BCUT2D eigenvalue weighted by Gasteiger charge is 2.26. The summed E-state index contributed by atoms with van der Waals surface area (Å²) in [4.78, 5) is 19.9. The van der Waals surface area contributed by atoms with Crippen LogP contribution in [0.2, 0.25) is 0 Å². The quantitative estimate of drug-likeness (QED) is 0.471. The fourth-order valence-corrected chi connectivity index (χ4v) is 3.23. The van der Waals surface area contributed by atoms with Crippen LogP contribution in [0.1, 0.15) is 73.3 Å². The summed E-state index contributed by atoms with van der Waals surface area (Å²) in [7, 11) is 0. The van der Waals surface area contributed by atoms with E-state index in [0.29, 0.717) is 5.56 Å². The minimum absolute atomic E-state index is 0.0741. The Bertz CT molecular complexity index is 617. The van der Waals surface area contributed by atoms with Crippen LogP contribution < -0.4 is 11.1 Å². The largest absolute Gasteiger partial charge is 0.397 e. The van der Waals surface area contributed by atoms with Gasteiger partial charge in [-0.15, -0.1) is 6.58 Å². The Balaban J connectivity index is -0.000000394. The summed E-state index contributed by atoms with van der Waals surface area (Å²) >= 11 is 0. The van der Waals surface area contributed by atoms with Gasteiger partial charge in [0, 0.05) is 19.6 Å². The Kier molecular flexibility index (Phi) is 24.0. The summed E-state index contributed by atoms with van der Waals surface area (Å²) in [5.41, 5.74) is 5.29. The maximum atomic E-state index is 12.2. The van der Waals surface area contributed by atoms with Gasteiger partial charge in [0.15, 0.2) is 0 Å². The summed E-state index contributed by atoms with van der Waals surface area (Å²) in [5.74, 6) is 1.65. The molecule has 0 radical (unpaired) electrons. The molecule has 5 nitrogen and oxygen atoms in total. The van der Waals surface area contributed by atoms with Crippen LogP contribution in [0.15, 0.2) is 30.9 Å². The molecule has 1 aromatic rings. The average molecular weight is 487 g/mol. The molecule has 7 heteroatoms. The molecule has 1 aromatic carbocycles. The normalized spacial score (nSPS) is 18.2. The summed E-state index contributed by atoms with van der Waals surface area (Å²) in [6.45, 7) is 19.8. The van der Waals surface area contributed by atoms with Crippen molar-refractivity contribution in [1.29, 1.82) is 0 Å². The second-order valence-corrected chi connectivity index (χ2v) is 8.33. The van der Waals surface area contributed by atoms with E-state index in [1.54, 1.807) is 13.8 Å². The number of allylic oxidation sites excluding steroid dienone is 1. The second kappa shape index (κ2) is 22.5. The number of aliphatic hydroxyl groups is 1. The molecule has 1 fully saturated rings. The van der Waals surface area contributed by atoms with Crippen molar-refractivity contribution in [3.05, 3.63) is 48.1 Å². The number of primary amides is 1. The van der Waals surface area contributed by atoms with E-state index in [1.807, 2.05) is 13.8 Å². The van der Waals surface area contributed by atoms with Gasteiger partial charge in [0.1, 0.15) is 11.6 Å². The van der Waals surface area contributed by atoms with Crippen LogP contribution in [0.5, 0.6) is 0 Å². The zero-order valence-corrected chi connectivity index (χ0v) is 22.5. The predicted octanol–water partition coefficient (Wildman–Crippen LogP) is 5.79. The van der Waals surface area contributed by atoms with Crippen molar-refractivity contribution in [2.45, 2.75) is 74.7 Å². The van der Waals surface area contributed by atoms with Gasteiger partial charge in [-0.1, -0.05) is 40.7 Å². The number of aryl methyl sites for hydroxylation is 1. The molecule has 0 aliphatic heterocycles. The molecule has 1 aliphatic carbocycles. The Hall–Kier alpha value is -2.28. The molecular weight excluding hydrogens is 438 g/mol. The first kappa shape index (κ1) is 36.3. The lowest BCUT2D eigenvalue weighted by molar-refractivity contribution is -0.123. The van der Waals surface area contributed by atoms with Crippen LogP contribution in [0, 0.1) is 42.2 Å². The number of carbonyl (C=O) groups is 2. The zero-order valence-electron chi connectivity index (χ0n) is 22.5. The highest BCUT2D eigenvalue weighted by atomic mass is 19.1. The van der Waals surface area contributed by atoms with E-state index in [4.69, 9.17) is 5.11 Å². The second-order valence-electron chi connectivity index (χ2n) is 8.33. The molecule has 34 heavy (non-hydrogen) atoms. The molecule has 2 rings (SSSR count). The molecule has 3 atom stereocenters. The van der Waals surface area contributed by atoms with Gasteiger partial charge in [0.2, 0.25) is 11.8 Å². The summed E-state index contributed by atoms with van der Waals surface area (Å²) in [6.07, 6.45) is 6.38. The molecule has 1 saturated carbocycles. The highest BCUT2D eigenvalue weighted by Crippen LogP contribution is 2.37. The smallest absolute Gasteiger partial charge is 0.236 e. The number of carbonyl (C=O) groups excluding carboxylic acids is 2. The maximum Gasteiger partial charge on any atom is 0.236 e. The van der Waals surface area contributed by atoms with E-state index < -0.39 is 17.5 Å². The fraction of sp³-hybridized carbons (Fsp3) is 0.630. The van der Waals surface area contributed by atoms with Crippen LogP contribution >= 0.6 is 0 Å². The number of aliphatic hydroxyl groups excluding tert-OH is 1. The van der Waals surface area contributed by atoms with Crippen LogP contribution in [-0.2, 0) is 9.59 Å². The van der Waals surface area contributed by atoms with Crippen molar-refractivity contribution < 1.29 is 23.5 Å². The number of amides is 2. The molecule has 3 unspecified atom stereocenters. The average Bonchev–Trinajstić information content (AvgIpc) is 2.74. The van der Waals surface area contributed by atoms with E-state index >= 15 is 0 Å². The fourth-order valence-electron chi connectivity index (χ4n) is 3.23. The first-order valence-electron chi connectivity index (χ1n) is 12.1. The molecule has 1 aliphatic rings. The molecule has 0 heterocycles. The van der Waals surface area contributed by atoms with Crippen molar-refractivity contribution >= 4 is 11.8 Å². The Morgan fingerprint density at radius 1 is 1.21 bits per heavy atom. The van der Waals surface area contributed by atoms with Crippen molar-refractivity contribution in [3.8, 4) is 0 Å². The number of hydrogen-bond acceptors (Lipinski definition) is 3. The third-order valence-electron chi connectivity index (χ3n) is 5.06. The van der Waals surface area contributed by atoms with Gasteiger partial charge in [-0.05, 0) is 74.5 Å². The molecule has 2 amide bonds. The van der Waals surface area contributed by atoms with Gasteiger partial charge in [0.25, 0.3) is 0 Å². The number of hydrogen-bond donors (Lipinski definition) is 3. The van der Waals surface area contributed by atoms with E-state index in [1.165, 1.54) is 38.3 Å². The van der Waals surface area contributed by atoms with E-state index in [9.17, 15) is 18.4 Å². The van der Waals surface area contributed by atoms with Crippen molar-refractivity contribution in [2.24, 2.45) is 29.4 Å². The van der Waals surface area contributed by atoms with Gasteiger partial charge < -0.3 is 16.2 Å². The number of benzene rings is 1. The Labute approximate surface area is 206 Å². The third-order valence-corrected chi connectivity index (χ3v) is 5.06. The van der Waals surface area contributed by atoms with Gasteiger partial charge >= 0.3 is 0 Å². The van der Waals surface area contributed by atoms with Gasteiger partial charge in [-0.25, -0.2) is 8.78 Å². The number of halogens is 2. The van der Waals surface area contributed by atoms with Crippen molar-refractivity contribution in [3.63, 3.8) is 0 Å². The van der Waals surface area contributed by atoms with Gasteiger partial charge in [0.05, 0.1) is 6.54 Å². The molecule has 198 valence electrons. The van der Waals surface area contributed by atoms with Crippen LogP contribution in [0.25, 0.3) is 0 Å². The summed E-state index contributed by atoms with van der Waals surface area (Å²) in [5, 5.41) is 9.80. The lowest BCUT2D eigenvalue weighted by atomic mass is 9.71. The number of rotatable bonds is 4. The molecule has 0 spiro atoms. The van der Waals surface area contributed by atoms with Gasteiger partial charge in [-0.3, -0.25) is 9.59 Å². The Morgan fingerprint density at radius 3 is 1.97 bits per heavy atom. The molecule has 0 aromatic heterocycles. The first-order chi connectivity index (χ1) is 15.9. The van der Waals surface area contributed by atoms with Crippen molar-refractivity contribution in [2.75, 3.05) is 13.2 Å². The minimum Gasteiger partial charge on any atom is -0.397 e.